The molecule has 0 aliphatic carbocycles. The zero-order chi connectivity index (χ0) is 19.2. The normalized spacial score (nSPS) is 49.1. The van der Waals surface area contributed by atoms with Gasteiger partial charge in [0.15, 0.2) is 0 Å². The van der Waals surface area contributed by atoms with Crippen molar-refractivity contribution in [3.63, 3.8) is 0 Å². The summed E-state index contributed by atoms with van der Waals surface area (Å²) < 4.78 is 80.5. The van der Waals surface area contributed by atoms with Crippen LogP contribution >= 0.6 is 46.9 Å². The van der Waals surface area contributed by atoms with Crippen LogP contribution in [0, 0.1) is 0 Å². The van der Waals surface area contributed by atoms with Gasteiger partial charge < -0.3 is 29.4 Å². The Labute approximate surface area is 238 Å². The molecule has 0 N–H and O–H groups in total. The second-order valence-corrected chi connectivity index (χ2v) is 12.5. The SMILES string of the molecule is O=P1([O-])OP(=O)([O-])OP(=O)([O-])O1.O=P1([O-])OP(=O)([O-])OP(=O)([O-])O1.[Ca+2].[Ca+2].[Ca+2]. The topological polar surface area (TPSA) is 296 Å². The van der Waals surface area contributed by atoms with Crippen molar-refractivity contribution in [1.29, 1.82) is 0 Å². The average molecular weight is 594 g/mol. The average Bonchev–Trinajstić information content (AvgIpc) is 1.97. The molecule has 0 aromatic heterocycles. The first-order valence-electron chi connectivity index (χ1n) is 4.38. The third-order valence-electron chi connectivity index (χ3n) is 1.20. The van der Waals surface area contributed by atoms with Gasteiger partial charge in [0.2, 0.25) is 0 Å². The van der Waals surface area contributed by atoms with Gasteiger partial charge in [-0.25, -0.2) is 25.9 Å². The van der Waals surface area contributed by atoms with Gasteiger partial charge in [-0.2, -0.15) is 0 Å². The Hall–Kier alpha value is 4.68. The van der Waals surface area contributed by atoms with Gasteiger partial charge in [0.25, 0.3) is 46.9 Å². The largest absolute Gasteiger partial charge is 2.00 e. The number of hydrogen-bond donors (Lipinski definition) is 0. The van der Waals surface area contributed by atoms with E-state index in [1.165, 1.54) is 0 Å². The van der Waals surface area contributed by atoms with Crippen LogP contribution in [0.3, 0.4) is 0 Å². The standard InChI is InChI=1S/3Ca.2H3O9P3/c;;;2*1-10(2)7-11(3,4)9-12(5,6)8-10/h;;;2*(H,1,2)(H,3,4)(H,5,6)/q3*+2;;/p-6. The summed E-state index contributed by atoms with van der Waals surface area (Å²) in [6, 6.07) is 0. The quantitative estimate of drug-likeness (QED) is 0.189. The Morgan fingerprint density at radius 1 is 0.333 bits per heavy atom. The first kappa shape index (κ1) is 36.3. The summed E-state index contributed by atoms with van der Waals surface area (Å²) in [5.41, 5.74) is 0. The third kappa shape index (κ3) is 15.2. The zero-order valence-corrected chi connectivity index (χ0v) is 24.1. The Bertz CT molecular complexity index is 588. The van der Waals surface area contributed by atoms with Crippen molar-refractivity contribution in [3.8, 4) is 0 Å². The van der Waals surface area contributed by atoms with Gasteiger partial charge in [-0.05, 0) is 0 Å². The molecule has 0 aromatic rings. The Morgan fingerprint density at radius 2 is 0.407 bits per heavy atom. The van der Waals surface area contributed by atoms with Gasteiger partial charge in [-0.1, -0.05) is 0 Å². The second-order valence-electron chi connectivity index (χ2n) is 3.17. The summed E-state index contributed by atoms with van der Waals surface area (Å²) in [5.74, 6) is 0. The van der Waals surface area contributed by atoms with E-state index in [9.17, 15) is 56.8 Å². The molecule has 0 atom stereocenters. The number of hydrogen-bond acceptors (Lipinski definition) is 18. The second kappa shape index (κ2) is 12.4. The molecule has 0 saturated carbocycles. The summed E-state index contributed by atoms with van der Waals surface area (Å²) in [6.07, 6.45) is 0. The predicted octanol–water partition coefficient (Wildman–Crippen LogP) is -4.23. The molecule has 27 heavy (non-hydrogen) atoms. The molecule has 2 rings (SSSR count). The van der Waals surface area contributed by atoms with E-state index in [0.29, 0.717) is 0 Å². The summed E-state index contributed by atoms with van der Waals surface area (Å²) in [6.45, 7) is 0. The maximum atomic E-state index is 10.2. The van der Waals surface area contributed by atoms with Crippen molar-refractivity contribution >= 4 is 160 Å². The van der Waals surface area contributed by atoms with Crippen molar-refractivity contribution < 1.29 is 82.6 Å². The first-order chi connectivity index (χ1) is 10.2. The van der Waals surface area contributed by atoms with E-state index in [1.54, 1.807) is 0 Å². The molecular formula is Ca3O18P6. The minimum Gasteiger partial charge on any atom is -0.756 e. The third-order valence-corrected chi connectivity index (χ3v) is 10.8. The molecule has 18 nitrogen and oxygen atoms in total. The van der Waals surface area contributed by atoms with Crippen LogP contribution in [-0.4, -0.2) is 113 Å². The van der Waals surface area contributed by atoms with Crippen LogP contribution in [0.4, 0.5) is 0 Å². The fourth-order valence-corrected chi connectivity index (χ4v) is 9.03. The molecule has 0 radical (unpaired) electrons. The van der Waals surface area contributed by atoms with E-state index in [0.717, 1.165) is 0 Å². The van der Waals surface area contributed by atoms with E-state index in [1.807, 2.05) is 0 Å². The molecule has 0 aromatic carbocycles. The van der Waals surface area contributed by atoms with Crippen LogP contribution in [0.1, 0.15) is 0 Å². The zero-order valence-electron chi connectivity index (χ0n) is 12.2. The van der Waals surface area contributed by atoms with Gasteiger partial charge in [0.05, 0.1) is 0 Å². The molecule has 2 aliphatic heterocycles. The van der Waals surface area contributed by atoms with Crippen molar-refractivity contribution in [2.24, 2.45) is 0 Å². The van der Waals surface area contributed by atoms with E-state index >= 15 is 0 Å². The van der Waals surface area contributed by atoms with Crippen molar-refractivity contribution in [3.05, 3.63) is 0 Å². The monoisotopic (exact) mass is 594 g/mol. The first-order valence-corrected chi connectivity index (χ1v) is 13.1. The molecule has 0 bridgehead atoms. The molecule has 2 aliphatic rings. The maximum absolute atomic E-state index is 10.2. The van der Waals surface area contributed by atoms with E-state index < -0.39 is 46.9 Å². The fourth-order valence-electron chi connectivity index (χ4n) is 0.824. The summed E-state index contributed by atoms with van der Waals surface area (Å²) in [5, 5.41) is 0. The molecule has 144 valence electrons. The van der Waals surface area contributed by atoms with Crippen LogP contribution in [0.5, 0.6) is 0 Å². The van der Waals surface area contributed by atoms with Crippen molar-refractivity contribution in [2.75, 3.05) is 0 Å². The molecule has 2 saturated heterocycles. The van der Waals surface area contributed by atoms with E-state index in [4.69, 9.17) is 0 Å². The molecule has 27 heteroatoms. The number of phosphoric acid groups is 6. The molecule has 2 heterocycles. The van der Waals surface area contributed by atoms with Crippen LogP contribution in [-0.2, 0) is 53.3 Å². The Balaban J connectivity index is -0.000000384. The van der Waals surface area contributed by atoms with Crippen molar-refractivity contribution in [2.45, 2.75) is 0 Å². The van der Waals surface area contributed by atoms with Gasteiger partial charge in [0.1, 0.15) is 0 Å². The van der Waals surface area contributed by atoms with Gasteiger partial charge in [-0.3, -0.25) is 27.4 Å². The molecule has 0 unspecified atom stereocenters. The summed E-state index contributed by atoms with van der Waals surface area (Å²) >= 11 is 0. The van der Waals surface area contributed by atoms with Crippen LogP contribution in [0.15, 0.2) is 0 Å². The summed E-state index contributed by atoms with van der Waals surface area (Å²) in [4.78, 5) is 61.4. The maximum Gasteiger partial charge on any atom is 2.00 e. The van der Waals surface area contributed by atoms with Crippen LogP contribution in [0.25, 0.3) is 0 Å². The molecular weight excluding hydrogens is 594 g/mol. The van der Waals surface area contributed by atoms with Gasteiger partial charge in [0, 0.05) is 0 Å². The predicted molar refractivity (Wildman–Crippen MR) is 69.4 cm³/mol. The molecule has 0 spiro atoms. The Morgan fingerprint density at radius 3 is 0.481 bits per heavy atom. The number of rotatable bonds is 0. The minimum atomic E-state index is -5.36. The molecule has 0 amide bonds. The van der Waals surface area contributed by atoms with Gasteiger partial charge in [-0.15, -0.1) is 0 Å². The fraction of sp³-hybridized carbons (Fsp3) is 0. The smallest absolute Gasteiger partial charge is 0.756 e. The van der Waals surface area contributed by atoms with E-state index in [-0.39, 0.29) is 113 Å². The van der Waals surface area contributed by atoms with Crippen LogP contribution in [0.2, 0.25) is 0 Å². The molecule has 2 fully saturated rings. The van der Waals surface area contributed by atoms with Gasteiger partial charge >= 0.3 is 113 Å². The Kier molecular flexibility index (Phi) is 16.7. The van der Waals surface area contributed by atoms with E-state index in [2.05, 4.69) is 25.9 Å². The van der Waals surface area contributed by atoms with Crippen LogP contribution < -0.4 is 29.4 Å². The van der Waals surface area contributed by atoms with Crippen molar-refractivity contribution in [1.82, 2.24) is 0 Å². The minimum absolute atomic E-state index is 0. The summed E-state index contributed by atoms with van der Waals surface area (Å²) in [7, 11) is -32.1.